The number of hydrogen-bond donors (Lipinski definition) is 1. The molecule has 11 heteroatoms. The normalized spacial score (nSPS) is 15.2. The number of benzene rings is 2. The van der Waals surface area contributed by atoms with Gasteiger partial charge in [0.2, 0.25) is 16.0 Å². The standard InChI is InChI=1S/C23H23ClN6O3S/c1-15-7-8-17(13-16(15)2)34(32,33)29-11-9-28(10-12-29)20-14-25-30(22(31)21(20)24)23-26-18-5-3-4-6-19(18)27-23/h3-8,13-14H,9-12H2,1-2H3,(H,26,27). The summed E-state index contributed by atoms with van der Waals surface area (Å²) in [5.41, 5.74) is 3.46. The Bertz CT molecular complexity index is 1520. The Morgan fingerprint density at radius 3 is 2.44 bits per heavy atom. The van der Waals surface area contributed by atoms with Gasteiger partial charge in [0, 0.05) is 26.2 Å². The van der Waals surface area contributed by atoms with E-state index >= 15 is 0 Å². The number of piperazine rings is 1. The highest BCUT2D eigenvalue weighted by Gasteiger charge is 2.30. The molecule has 0 saturated carbocycles. The monoisotopic (exact) mass is 498 g/mol. The molecule has 4 aromatic rings. The zero-order chi connectivity index (χ0) is 24.0. The number of aromatic nitrogens is 4. The van der Waals surface area contributed by atoms with E-state index < -0.39 is 15.6 Å². The predicted molar refractivity (Wildman–Crippen MR) is 131 cm³/mol. The van der Waals surface area contributed by atoms with Crippen molar-refractivity contribution in [1.29, 1.82) is 0 Å². The molecule has 1 N–H and O–H groups in total. The van der Waals surface area contributed by atoms with Crippen molar-refractivity contribution in [3.05, 3.63) is 75.2 Å². The number of hydrogen-bond acceptors (Lipinski definition) is 6. The molecule has 9 nitrogen and oxygen atoms in total. The van der Waals surface area contributed by atoms with Crippen molar-refractivity contribution in [2.75, 3.05) is 31.1 Å². The zero-order valence-electron chi connectivity index (χ0n) is 18.7. The number of aromatic amines is 1. The van der Waals surface area contributed by atoms with E-state index in [4.69, 9.17) is 11.6 Å². The van der Waals surface area contributed by atoms with Crippen LogP contribution in [0.4, 0.5) is 5.69 Å². The highest BCUT2D eigenvalue weighted by Crippen LogP contribution is 2.26. The quantitative estimate of drug-likeness (QED) is 0.464. The first-order chi connectivity index (χ1) is 16.3. The lowest BCUT2D eigenvalue weighted by Crippen LogP contribution is -2.49. The Hall–Kier alpha value is -3.21. The van der Waals surface area contributed by atoms with Gasteiger partial charge in [0.1, 0.15) is 5.02 Å². The smallest absolute Gasteiger partial charge is 0.295 e. The van der Waals surface area contributed by atoms with E-state index in [1.807, 2.05) is 49.1 Å². The Kier molecular flexibility index (Phi) is 5.67. The highest BCUT2D eigenvalue weighted by atomic mass is 35.5. The van der Waals surface area contributed by atoms with Gasteiger partial charge in [-0.3, -0.25) is 4.79 Å². The van der Waals surface area contributed by atoms with Crippen LogP contribution < -0.4 is 10.5 Å². The van der Waals surface area contributed by atoms with Crippen LogP contribution >= 0.6 is 11.6 Å². The summed E-state index contributed by atoms with van der Waals surface area (Å²) in [4.78, 5) is 22.6. The SMILES string of the molecule is Cc1ccc(S(=O)(=O)N2CCN(c3cnn(-c4nc5ccccc5[nH]4)c(=O)c3Cl)CC2)cc1C. The van der Waals surface area contributed by atoms with Crippen LogP contribution in [0.15, 0.2) is 58.4 Å². The maximum atomic E-state index is 13.1. The van der Waals surface area contributed by atoms with Crippen molar-refractivity contribution in [2.24, 2.45) is 0 Å². The van der Waals surface area contributed by atoms with Gasteiger partial charge in [-0.15, -0.1) is 0 Å². The van der Waals surface area contributed by atoms with Crippen molar-refractivity contribution >= 4 is 38.3 Å². The summed E-state index contributed by atoms with van der Waals surface area (Å²) in [5, 5.41) is 4.28. The lowest BCUT2D eigenvalue weighted by Gasteiger charge is -2.35. The number of nitrogens with one attached hydrogen (secondary N) is 1. The van der Waals surface area contributed by atoms with Crippen LogP contribution in [0.3, 0.4) is 0 Å². The van der Waals surface area contributed by atoms with Crippen molar-refractivity contribution in [3.63, 3.8) is 0 Å². The number of aryl methyl sites for hydroxylation is 2. The van der Waals surface area contributed by atoms with E-state index in [-0.39, 0.29) is 29.0 Å². The highest BCUT2D eigenvalue weighted by molar-refractivity contribution is 7.89. The first kappa shape index (κ1) is 22.6. The van der Waals surface area contributed by atoms with Crippen molar-refractivity contribution in [3.8, 4) is 5.95 Å². The molecule has 0 spiro atoms. The topological polar surface area (TPSA) is 104 Å². The second-order valence-electron chi connectivity index (χ2n) is 8.28. The zero-order valence-corrected chi connectivity index (χ0v) is 20.3. The number of sulfonamides is 1. The van der Waals surface area contributed by atoms with Crippen molar-refractivity contribution < 1.29 is 8.42 Å². The maximum Gasteiger partial charge on any atom is 0.295 e. The van der Waals surface area contributed by atoms with E-state index in [9.17, 15) is 13.2 Å². The van der Waals surface area contributed by atoms with E-state index in [1.165, 1.54) is 10.5 Å². The van der Waals surface area contributed by atoms with Crippen LogP contribution in [0.25, 0.3) is 17.0 Å². The summed E-state index contributed by atoms with van der Waals surface area (Å²) in [6, 6.07) is 12.6. The molecular formula is C23H23ClN6O3S. The van der Waals surface area contributed by atoms with Gasteiger partial charge >= 0.3 is 0 Å². The molecule has 0 amide bonds. The number of anilines is 1. The van der Waals surface area contributed by atoms with Gasteiger partial charge in [0.15, 0.2) is 0 Å². The molecule has 0 radical (unpaired) electrons. The molecule has 1 fully saturated rings. The summed E-state index contributed by atoms with van der Waals surface area (Å²) in [7, 11) is -3.60. The molecule has 1 saturated heterocycles. The Labute approximate surface area is 201 Å². The largest absolute Gasteiger partial charge is 0.366 e. The number of imidazole rings is 1. The number of rotatable bonds is 4. The minimum Gasteiger partial charge on any atom is -0.366 e. The Balaban J connectivity index is 1.36. The van der Waals surface area contributed by atoms with Gasteiger partial charge in [-0.2, -0.15) is 14.1 Å². The molecule has 1 aliphatic rings. The summed E-state index contributed by atoms with van der Waals surface area (Å²) in [6.45, 7) is 5.18. The fourth-order valence-electron chi connectivity index (χ4n) is 4.03. The van der Waals surface area contributed by atoms with Crippen molar-refractivity contribution in [1.82, 2.24) is 24.1 Å². The van der Waals surface area contributed by atoms with Gasteiger partial charge in [0.25, 0.3) is 5.56 Å². The molecule has 34 heavy (non-hydrogen) atoms. The van der Waals surface area contributed by atoms with Gasteiger partial charge in [-0.25, -0.2) is 13.4 Å². The number of para-hydroxylation sites is 2. The fraction of sp³-hybridized carbons (Fsp3) is 0.261. The molecule has 0 unspecified atom stereocenters. The average Bonchev–Trinajstić information content (AvgIpc) is 3.26. The summed E-state index contributed by atoms with van der Waals surface area (Å²) >= 11 is 6.45. The molecule has 2 aromatic heterocycles. The summed E-state index contributed by atoms with van der Waals surface area (Å²) < 4.78 is 28.8. The van der Waals surface area contributed by atoms with Crippen LogP contribution in [-0.4, -0.2) is 58.7 Å². The van der Waals surface area contributed by atoms with Crippen LogP contribution in [0.5, 0.6) is 0 Å². The maximum absolute atomic E-state index is 13.1. The number of nitrogens with zero attached hydrogens (tertiary/aromatic N) is 5. The minimum atomic E-state index is -3.60. The number of fused-ring (bicyclic) bond motifs is 1. The van der Waals surface area contributed by atoms with E-state index in [2.05, 4.69) is 15.1 Å². The number of halogens is 1. The summed E-state index contributed by atoms with van der Waals surface area (Å²) in [6.07, 6.45) is 1.52. The minimum absolute atomic E-state index is 0.0147. The molecular weight excluding hydrogens is 476 g/mol. The van der Waals surface area contributed by atoms with Gasteiger partial charge in [-0.05, 0) is 49.2 Å². The molecule has 1 aliphatic heterocycles. The molecule has 3 heterocycles. The first-order valence-corrected chi connectivity index (χ1v) is 12.6. The van der Waals surface area contributed by atoms with Crippen LogP contribution in [0.2, 0.25) is 5.02 Å². The van der Waals surface area contributed by atoms with Crippen LogP contribution in [-0.2, 0) is 10.0 Å². The Morgan fingerprint density at radius 2 is 1.74 bits per heavy atom. The van der Waals surface area contributed by atoms with E-state index in [1.54, 1.807) is 12.1 Å². The fourth-order valence-corrected chi connectivity index (χ4v) is 5.78. The molecule has 2 aromatic carbocycles. The third-order valence-electron chi connectivity index (χ3n) is 6.17. The van der Waals surface area contributed by atoms with Crippen molar-refractivity contribution in [2.45, 2.75) is 18.7 Å². The second kappa shape index (κ2) is 8.53. The molecule has 0 atom stereocenters. The predicted octanol–water partition coefficient (Wildman–Crippen LogP) is 2.89. The average molecular weight is 499 g/mol. The number of H-pyrrole nitrogens is 1. The lowest BCUT2D eigenvalue weighted by atomic mass is 10.1. The molecule has 0 bridgehead atoms. The van der Waals surface area contributed by atoms with Gasteiger partial charge in [0.05, 0.1) is 27.8 Å². The van der Waals surface area contributed by atoms with Crippen LogP contribution in [0, 0.1) is 13.8 Å². The molecule has 5 rings (SSSR count). The lowest BCUT2D eigenvalue weighted by molar-refractivity contribution is 0.384. The molecule has 0 aliphatic carbocycles. The third kappa shape index (κ3) is 3.87. The first-order valence-electron chi connectivity index (χ1n) is 10.8. The summed E-state index contributed by atoms with van der Waals surface area (Å²) in [5.74, 6) is 0.281. The van der Waals surface area contributed by atoms with E-state index in [0.717, 1.165) is 21.3 Å². The molecule has 176 valence electrons. The van der Waals surface area contributed by atoms with E-state index in [0.29, 0.717) is 24.3 Å². The van der Waals surface area contributed by atoms with Gasteiger partial charge in [-0.1, -0.05) is 29.8 Å². The van der Waals surface area contributed by atoms with Crippen LogP contribution in [0.1, 0.15) is 11.1 Å². The van der Waals surface area contributed by atoms with Gasteiger partial charge < -0.3 is 9.88 Å². The second-order valence-corrected chi connectivity index (χ2v) is 10.6. The Morgan fingerprint density at radius 1 is 1.00 bits per heavy atom. The third-order valence-corrected chi connectivity index (χ3v) is 8.42.